The van der Waals surface area contributed by atoms with E-state index in [1.54, 1.807) is 8.87 Å². The molecule has 1 saturated heterocycles. The van der Waals surface area contributed by atoms with E-state index in [4.69, 9.17) is 0 Å². The van der Waals surface area contributed by atoms with Crippen molar-refractivity contribution in [2.75, 3.05) is 26.2 Å². The van der Waals surface area contributed by atoms with E-state index >= 15 is 0 Å². The Bertz CT molecular complexity index is 209. The van der Waals surface area contributed by atoms with Gasteiger partial charge in [0.15, 0.2) is 0 Å². The van der Waals surface area contributed by atoms with Crippen molar-refractivity contribution in [2.45, 2.75) is 75.1 Å². The van der Waals surface area contributed by atoms with Crippen molar-refractivity contribution in [3.63, 3.8) is 0 Å². The summed E-state index contributed by atoms with van der Waals surface area (Å²) in [6.07, 6.45) is 8.39. The standard InChI is InChI=1S/C8H18N2.2C4H9.Sn/c1-3-5-9-7-8-10-6-4-2;2*1-3-4-2;/h3-8H2,1-2H3;2*1,3-4H2,2H3;/q-2;;;+2. The molecule has 19 heavy (non-hydrogen) atoms. The van der Waals surface area contributed by atoms with Crippen LogP contribution in [0.4, 0.5) is 0 Å². The molecule has 0 aromatic carbocycles. The summed E-state index contributed by atoms with van der Waals surface area (Å²) >= 11 is -2.18. The second kappa shape index (κ2) is 9.62. The second-order valence-electron chi connectivity index (χ2n) is 6.16. The SMILES string of the molecule is CCC[CH2][Sn]1([CH2]CCC)[N](CCC)CC[N]1CCC. The fourth-order valence-electron chi connectivity index (χ4n) is 3.71. The first-order valence-electron chi connectivity index (χ1n) is 8.75. The molecule has 0 saturated carbocycles. The second-order valence-corrected chi connectivity index (χ2v) is 18.2. The van der Waals surface area contributed by atoms with Crippen molar-refractivity contribution >= 4 is 18.9 Å². The number of hydrogen-bond donors (Lipinski definition) is 0. The van der Waals surface area contributed by atoms with E-state index < -0.39 is 18.9 Å². The Morgan fingerprint density at radius 2 is 1.11 bits per heavy atom. The summed E-state index contributed by atoms with van der Waals surface area (Å²) in [6.45, 7) is 15.0. The number of rotatable bonds is 10. The van der Waals surface area contributed by atoms with Crippen molar-refractivity contribution in [3.05, 3.63) is 0 Å². The van der Waals surface area contributed by atoms with Crippen LogP contribution < -0.4 is 0 Å². The number of hydrogen-bond acceptors (Lipinski definition) is 2. The van der Waals surface area contributed by atoms with E-state index in [0.29, 0.717) is 0 Å². The van der Waals surface area contributed by atoms with Crippen molar-refractivity contribution in [2.24, 2.45) is 0 Å². The van der Waals surface area contributed by atoms with Crippen LogP contribution in [-0.4, -0.2) is 51.3 Å². The molecule has 114 valence electrons. The predicted molar refractivity (Wildman–Crippen MR) is 88.9 cm³/mol. The van der Waals surface area contributed by atoms with Crippen LogP contribution in [-0.2, 0) is 0 Å². The molecule has 1 heterocycles. The Morgan fingerprint density at radius 3 is 1.42 bits per heavy atom. The predicted octanol–water partition coefficient (Wildman–Crippen LogP) is 4.47. The monoisotopic (exact) mass is 376 g/mol. The van der Waals surface area contributed by atoms with E-state index in [9.17, 15) is 0 Å². The molecule has 1 fully saturated rings. The van der Waals surface area contributed by atoms with Gasteiger partial charge in [-0.3, -0.25) is 0 Å². The summed E-state index contributed by atoms with van der Waals surface area (Å²) in [7, 11) is 0. The molecular formula is C16H36N2Sn. The van der Waals surface area contributed by atoms with Gasteiger partial charge < -0.3 is 0 Å². The van der Waals surface area contributed by atoms with Gasteiger partial charge in [-0.25, -0.2) is 0 Å². The van der Waals surface area contributed by atoms with E-state index in [1.807, 2.05) is 0 Å². The van der Waals surface area contributed by atoms with Gasteiger partial charge in [0.05, 0.1) is 0 Å². The van der Waals surface area contributed by atoms with E-state index in [1.165, 1.54) is 64.7 Å². The Labute approximate surface area is 126 Å². The van der Waals surface area contributed by atoms with Crippen LogP contribution in [0.2, 0.25) is 8.87 Å². The Balaban J connectivity index is 2.84. The van der Waals surface area contributed by atoms with Crippen LogP contribution in [0.15, 0.2) is 0 Å². The summed E-state index contributed by atoms with van der Waals surface area (Å²) < 4.78 is 9.22. The van der Waals surface area contributed by atoms with Gasteiger partial charge in [-0.1, -0.05) is 0 Å². The molecule has 0 atom stereocenters. The minimum atomic E-state index is -2.18. The number of nitrogens with zero attached hydrogens (tertiary/aromatic N) is 2. The molecule has 0 unspecified atom stereocenters. The van der Waals surface area contributed by atoms with Crippen molar-refractivity contribution < 1.29 is 0 Å². The van der Waals surface area contributed by atoms with Gasteiger partial charge in [-0.15, -0.1) is 0 Å². The summed E-state index contributed by atoms with van der Waals surface area (Å²) in [5, 5.41) is 0. The molecule has 0 spiro atoms. The zero-order chi connectivity index (χ0) is 14.1. The third-order valence-electron chi connectivity index (χ3n) is 4.67. The van der Waals surface area contributed by atoms with Crippen LogP contribution in [0.3, 0.4) is 0 Å². The van der Waals surface area contributed by atoms with Gasteiger partial charge in [0.1, 0.15) is 0 Å². The van der Waals surface area contributed by atoms with Gasteiger partial charge in [-0.2, -0.15) is 0 Å². The van der Waals surface area contributed by atoms with Crippen LogP contribution in [0.25, 0.3) is 0 Å². The van der Waals surface area contributed by atoms with Gasteiger partial charge in [0.2, 0.25) is 0 Å². The van der Waals surface area contributed by atoms with Crippen molar-refractivity contribution in [1.82, 2.24) is 6.24 Å². The fourth-order valence-corrected chi connectivity index (χ4v) is 21.0. The average Bonchev–Trinajstić information content (AvgIpc) is 2.74. The van der Waals surface area contributed by atoms with Gasteiger partial charge in [0.25, 0.3) is 0 Å². The maximum absolute atomic E-state index is 3.02. The molecule has 0 radical (unpaired) electrons. The van der Waals surface area contributed by atoms with E-state index in [0.717, 1.165) is 0 Å². The summed E-state index contributed by atoms with van der Waals surface area (Å²) in [5.41, 5.74) is 0. The van der Waals surface area contributed by atoms with E-state index in [2.05, 4.69) is 33.9 Å². The first kappa shape index (κ1) is 17.8. The molecule has 2 nitrogen and oxygen atoms in total. The molecule has 1 aliphatic heterocycles. The molecule has 1 aliphatic rings. The molecular weight excluding hydrogens is 339 g/mol. The van der Waals surface area contributed by atoms with Gasteiger partial charge in [0, 0.05) is 0 Å². The molecule has 0 aromatic rings. The topological polar surface area (TPSA) is 6.48 Å². The summed E-state index contributed by atoms with van der Waals surface area (Å²) in [5.74, 6) is 0. The molecule has 3 heteroatoms. The normalized spacial score (nSPS) is 20.2. The Hall–Kier alpha value is 0.719. The molecule has 0 bridgehead atoms. The quantitative estimate of drug-likeness (QED) is 0.520. The molecule has 0 N–H and O–H groups in total. The Kier molecular flexibility index (Phi) is 9.00. The van der Waals surface area contributed by atoms with Crippen LogP contribution >= 0.6 is 0 Å². The van der Waals surface area contributed by atoms with Gasteiger partial charge >= 0.3 is 126 Å². The van der Waals surface area contributed by atoms with Crippen LogP contribution in [0.1, 0.15) is 66.2 Å². The summed E-state index contributed by atoms with van der Waals surface area (Å²) in [6, 6.07) is 0. The molecule has 0 aliphatic carbocycles. The summed E-state index contributed by atoms with van der Waals surface area (Å²) in [4.78, 5) is 0. The fraction of sp³-hybridized carbons (Fsp3) is 1.00. The van der Waals surface area contributed by atoms with Crippen LogP contribution in [0, 0.1) is 0 Å². The Morgan fingerprint density at radius 1 is 0.684 bits per heavy atom. The third-order valence-corrected chi connectivity index (χ3v) is 20.5. The van der Waals surface area contributed by atoms with Crippen molar-refractivity contribution in [3.8, 4) is 0 Å². The molecule has 1 rings (SSSR count). The molecule has 0 amide bonds. The minimum absolute atomic E-state index is 1.34. The van der Waals surface area contributed by atoms with Crippen LogP contribution in [0.5, 0.6) is 0 Å². The zero-order valence-electron chi connectivity index (χ0n) is 13.9. The number of unbranched alkanes of at least 4 members (excludes halogenated alkanes) is 2. The molecule has 0 aromatic heterocycles. The maximum atomic E-state index is 3.02. The first-order chi connectivity index (χ1) is 9.25. The van der Waals surface area contributed by atoms with Gasteiger partial charge in [-0.05, 0) is 0 Å². The first-order valence-corrected chi connectivity index (χ1v) is 15.3. The zero-order valence-corrected chi connectivity index (χ0v) is 16.7. The average molecular weight is 375 g/mol. The van der Waals surface area contributed by atoms with Crippen molar-refractivity contribution in [1.29, 1.82) is 0 Å². The van der Waals surface area contributed by atoms with E-state index in [-0.39, 0.29) is 0 Å². The third kappa shape index (κ3) is 4.60.